The minimum atomic E-state index is -0.557. The number of benzene rings is 2. The maximum absolute atomic E-state index is 10.4. The number of halogens is 1. The molecule has 0 amide bonds. The second kappa shape index (κ2) is 5.19. The van der Waals surface area contributed by atoms with Crippen molar-refractivity contribution >= 4 is 26.9 Å². The molecule has 0 bridgehead atoms. The van der Waals surface area contributed by atoms with Gasteiger partial charge in [0, 0.05) is 21.8 Å². The Labute approximate surface area is 119 Å². The fourth-order valence-electron chi connectivity index (χ4n) is 2.25. The highest BCUT2D eigenvalue weighted by Gasteiger charge is 2.14. The van der Waals surface area contributed by atoms with Crippen molar-refractivity contribution in [3.63, 3.8) is 0 Å². The van der Waals surface area contributed by atoms with Crippen LogP contribution in [0.2, 0.25) is 0 Å². The molecule has 1 unspecified atom stereocenters. The number of fused-ring (bicyclic) bond motifs is 1. The Balaban J connectivity index is 1.90. The quantitative estimate of drug-likeness (QED) is 0.773. The molecule has 1 heterocycles. The van der Waals surface area contributed by atoms with Gasteiger partial charge in [0.1, 0.15) is 5.58 Å². The van der Waals surface area contributed by atoms with Crippen molar-refractivity contribution in [3.8, 4) is 0 Å². The first kappa shape index (κ1) is 12.5. The monoisotopic (exact) mass is 316 g/mol. The lowest BCUT2D eigenvalue weighted by Gasteiger charge is -2.09. The third-order valence-corrected chi connectivity index (χ3v) is 3.68. The van der Waals surface area contributed by atoms with Gasteiger partial charge >= 0.3 is 0 Å². The van der Waals surface area contributed by atoms with E-state index in [2.05, 4.69) is 15.9 Å². The molecule has 2 aromatic carbocycles. The maximum Gasteiger partial charge on any atom is 0.134 e. The summed E-state index contributed by atoms with van der Waals surface area (Å²) in [5.74, 6) is 0. The molecule has 0 spiro atoms. The molecule has 2 nitrogen and oxygen atoms in total. The molecule has 3 aromatic rings. The zero-order valence-electron chi connectivity index (χ0n) is 10.2. The molecule has 3 heteroatoms. The van der Waals surface area contributed by atoms with E-state index in [1.54, 1.807) is 6.26 Å². The summed E-state index contributed by atoms with van der Waals surface area (Å²) in [6.07, 6.45) is 1.66. The molecular formula is C16H13BrO2. The lowest BCUT2D eigenvalue weighted by atomic mass is 10.0. The van der Waals surface area contributed by atoms with Gasteiger partial charge in [0.25, 0.3) is 0 Å². The van der Waals surface area contributed by atoms with Crippen LogP contribution >= 0.6 is 15.9 Å². The number of rotatable bonds is 3. The molecule has 0 aliphatic rings. The summed E-state index contributed by atoms with van der Waals surface area (Å²) in [5.41, 5.74) is 2.74. The van der Waals surface area contributed by atoms with E-state index in [0.29, 0.717) is 6.42 Å². The van der Waals surface area contributed by atoms with Crippen LogP contribution in [0.4, 0.5) is 0 Å². The van der Waals surface area contributed by atoms with Crippen LogP contribution in [0.5, 0.6) is 0 Å². The van der Waals surface area contributed by atoms with E-state index in [-0.39, 0.29) is 0 Å². The van der Waals surface area contributed by atoms with Crippen LogP contribution in [0.3, 0.4) is 0 Å². The largest absolute Gasteiger partial charge is 0.464 e. The Kier molecular flexibility index (Phi) is 3.40. The number of furan rings is 1. The molecule has 0 radical (unpaired) electrons. The number of hydrogen-bond acceptors (Lipinski definition) is 2. The van der Waals surface area contributed by atoms with E-state index in [4.69, 9.17) is 4.42 Å². The smallest absolute Gasteiger partial charge is 0.134 e. The van der Waals surface area contributed by atoms with Crippen LogP contribution in [-0.4, -0.2) is 5.11 Å². The third-order valence-electron chi connectivity index (χ3n) is 3.19. The summed E-state index contributed by atoms with van der Waals surface area (Å²) < 4.78 is 6.48. The average Bonchev–Trinajstić information content (AvgIpc) is 2.82. The lowest BCUT2D eigenvalue weighted by Crippen LogP contribution is -2.00. The van der Waals surface area contributed by atoms with Gasteiger partial charge in [0.15, 0.2) is 0 Å². The first-order valence-corrected chi connectivity index (χ1v) is 6.92. The van der Waals surface area contributed by atoms with E-state index < -0.39 is 6.10 Å². The Morgan fingerprint density at radius 3 is 2.79 bits per heavy atom. The molecule has 0 aliphatic heterocycles. The van der Waals surface area contributed by atoms with Gasteiger partial charge in [-0.05, 0) is 23.8 Å². The number of hydrogen-bond donors (Lipinski definition) is 1. The zero-order valence-corrected chi connectivity index (χ0v) is 11.8. The second-order valence-electron chi connectivity index (χ2n) is 4.54. The van der Waals surface area contributed by atoms with E-state index in [1.165, 1.54) is 0 Å². The van der Waals surface area contributed by atoms with E-state index >= 15 is 0 Å². The van der Waals surface area contributed by atoms with Crippen LogP contribution in [0.15, 0.2) is 63.7 Å². The van der Waals surface area contributed by atoms with Gasteiger partial charge < -0.3 is 9.52 Å². The van der Waals surface area contributed by atoms with Gasteiger partial charge in [-0.15, -0.1) is 0 Å². The van der Waals surface area contributed by atoms with E-state index in [9.17, 15) is 5.11 Å². The highest BCUT2D eigenvalue weighted by molar-refractivity contribution is 9.10. The molecule has 1 N–H and O–H groups in total. The van der Waals surface area contributed by atoms with Crippen molar-refractivity contribution in [1.29, 1.82) is 0 Å². The highest BCUT2D eigenvalue weighted by atomic mass is 79.9. The first-order chi connectivity index (χ1) is 9.24. The molecule has 3 rings (SSSR count). The molecule has 0 saturated carbocycles. The van der Waals surface area contributed by atoms with Gasteiger partial charge in [0.2, 0.25) is 0 Å². The Morgan fingerprint density at radius 1 is 1.11 bits per heavy atom. The second-order valence-corrected chi connectivity index (χ2v) is 5.45. The first-order valence-electron chi connectivity index (χ1n) is 6.12. The van der Waals surface area contributed by atoms with Gasteiger partial charge in [-0.2, -0.15) is 0 Å². The fourth-order valence-corrected chi connectivity index (χ4v) is 2.70. The Morgan fingerprint density at radius 2 is 1.95 bits per heavy atom. The minimum Gasteiger partial charge on any atom is -0.464 e. The fraction of sp³-hybridized carbons (Fsp3) is 0.125. The summed E-state index contributed by atoms with van der Waals surface area (Å²) in [5, 5.41) is 11.4. The molecule has 19 heavy (non-hydrogen) atoms. The van der Waals surface area contributed by atoms with Gasteiger partial charge in [-0.3, -0.25) is 0 Å². The molecular weight excluding hydrogens is 304 g/mol. The highest BCUT2D eigenvalue weighted by Crippen LogP contribution is 2.28. The van der Waals surface area contributed by atoms with Crippen LogP contribution in [0.25, 0.3) is 11.0 Å². The van der Waals surface area contributed by atoms with Crippen LogP contribution < -0.4 is 0 Å². The van der Waals surface area contributed by atoms with E-state index in [1.807, 2.05) is 48.5 Å². The normalized spacial score (nSPS) is 12.7. The standard InChI is InChI=1S/C16H13BrO2/c17-12-5-3-4-11(8-12)9-15(18)14-10-19-16-7-2-1-6-13(14)16/h1-8,10,15,18H,9H2. The molecule has 96 valence electrons. The van der Waals surface area contributed by atoms with Gasteiger partial charge in [-0.1, -0.05) is 46.3 Å². The van der Waals surface area contributed by atoms with Crippen molar-refractivity contribution in [2.45, 2.75) is 12.5 Å². The topological polar surface area (TPSA) is 33.4 Å². The Bertz CT molecular complexity index is 703. The number of aliphatic hydroxyl groups excluding tert-OH is 1. The van der Waals surface area contributed by atoms with Crippen molar-refractivity contribution in [2.75, 3.05) is 0 Å². The molecule has 0 fully saturated rings. The molecule has 1 aromatic heterocycles. The molecule has 1 atom stereocenters. The summed E-state index contributed by atoms with van der Waals surface area (Å²) in [7, 11) is 0. The van der Waals surface area contributed by atoms with E-state index in [0.717, 1.165) is 26.6 Å². The summed E-state index contributed by atoms with van der Waals surface area (Å²) in [4.78, 5) is 0. The summed E-state index contributed by atoms with van der Waals surface area (Å²) in [6, 6.07) is 15.7. The van der Waals surface area contributed by atoms with Crippen molar-refractivity contribution in [2.24, 2.45) is 0 Å². The number of aliphatic hydroxyl groups is 1. The number of para-hydroxylation sites is 1. The van der Waals surface area contributed by atoms with Gasteiger partial charge in [-0.25, -0.2) is 0 Å². The third kappa shape index (κ3) is 2.57. The van der Waals surface area contributed by atoms with Crippen molar-refractivity contribution in [3.05, 3.63) is 70.4 Å². The zero-order chi connectivity index (χ0) is 13.2. The lowest BCUT2D eigenvalue weighted by molar-refractivity contribution is 0.179. The SMILES string of the molecule is OC(Cc1cccc(Br)c1)c1coc2ccccc12. The maximum atomic E-state index is 10.4. The summed E-state index contributed by atoms with van der Waals surface area (Å²) >= 11 is 3.44. The van der Waals surface area contributed by atoms with Crippen LogP contribution in [-0.2, 0) is 6.42 Å². The Hall–Kier alpha value is -1.58. The predicted molar refractivity (Wildman–Crippen MR) is 79.0 cm³/mol. The van der Waals surface area contributed by atoms with Crippen LogP contribution in [0.1, 0.15) is 17.2 Å². The molecule has 0 aliphatic carbocycles. The average molecular weight is 317 g/mol. The molecule has 0 saturated heterocycles. The van der Waals surface area contributed by atoms with Crippen molar-refractivity contribution in [1.82, 2.24) is 0 Å². The van der Waals surface area contributed by atoms with Crippen LogP contribution in [0, 0.1) is 0 Å². The predicted octanol–water partition coefficient (Wildman–Crippen LogP) is 4.47. The minimum absolute atomic E-state index is 0.557. The van der Waals surface area contributed by atoms with Gasteiger partial charge in [0.05, 0.1) is 12.4 Å². The van der Waals surface area contributed by atoms with Crippen molar-refractivity contribution < 1.29 is 9.52 Å². The summed E-state index contributed by atoms with van der Waals surface area (Å²) in [6.45, 7) is 0.